The van der Waals surface area contributed by atoms with Crippen molar-refractivity contribution in [3.05, 3.63) is 34.0 Å². The topological polar surface area (TPSA) is 129 Å². The summed E-state index contributed by atoms with van der Waals surface area (Å²) in [5, 5.41) is 8.98. The maximum absolute atomic E-state index is 13.4. The Morgan fingerprint density at radius 1 is 0.659 bits per heavy atom. The Morgan fingerprint density at radius 2 is 1.02 bits per heavy atom. The number of amides is 2. The van der Waals surface area contributed by atoms with Crippen molar-refractivity contribution in [2.45, 2.75) is 66.6 Å². The average Bonchev–Trinajstić information content (AvgIpc) is 3.54. The molecule has 0 radical (unpaired) electrons. The van der Waals surface area contributed by atoms with Crippen molar-refractivity contribution >= 4 is 69.5 Å². The third-order valence-electron chi connectivity index (χ3n) is 4.88. The molecule has 3 rings (SSSR count). The van der Waals surface area contributed by atoms with E-state index in [1.54, 1.807) is 78.3 Å². The molecule has 0 aliphatic heterocycles. The largest absolute Gasteiger partial charge is 0.462 e. The zero-order valence-corrected chi connectivity index (χ0v) is 26.7. The number of anilines is 2. The molecule has 2 amide bonds. The number of nitrogens with one attached hydrogen (secondary N) is 2. The molecule has 0 unspecified atom stereocenters. The van der Waals surface area contributed by atoms with E-state index in [0.29, 0.717) is 30.9 Å². The highest BCUT2D eigenvalue weighted by Crippen LogP contribution is 2.50. The van der Waals surface area contributed by atoms with Crippen LogP contribution in [0, 0.1) is 0 Å². The van der Waals surface area contributed by atoms with E-state index in [1.807, 2.05) is 0 Å². The summed E-state index contributed by atoms with van der Waals surface area (Å²) in [6.07, 6.45) is -1.33. The van der Waals surface area contributed by atoms with Gasteiger partial charge in [0.25, 0.3) is 0 Å². The first-order valence-corrected chi connectivity index (χ1v) is 15.4. The van der Waals surface area contributed by atoms with Gasteiger partial charge in [-0.3, -0.25) is 10.6 Å². The SMILES string of the molecule is CCOC(=O)c1c(-c2sccc2NC(=O)OC(C)(C)C)sc(-c2sccc2NC(=O)OC(C)(C)C)c1C(=O)OCC. The van der Waals surface area contributed by atoms with E-state index in [4.69, 9.17) is 18.9 Å². The molecule has 0 bridgehead atoms. The van der Waals surface area contributed by atoms with Gasteiger partial charge in [-0.2, -0.15) is 0 Å². The fourth-order valence-corrected chi connectivity index (χ4v) is 6.85. The quantitative estimate of drug-likeness (QED) is 0.190. The number of carbonyl (C=O) groups is 4. The van der Waals surface area contributed by atoms with E-state index in [9.17, 15) is 19.2 Å². The normalized spacial score (nSPS) is 11.5. The smallest absolute Gasteiger partial charge is 0.412 e. The first-order valence-electron chi connectivity index (χ1n) is 12.8. The summed E-state index contributed by atoms with van der Waals surface area (Å²) >= 11 is 3.70. The van der Waals surface area contributed by atoms with Crippen molar-refractivity contribution in [3.8, 4) is 19.5 Å². The van der Waals surface area contributed by atoms with Crippen LogP contribution in [-0.4, -0.2) is 48.5 Å². The minimum atomic E-state index is -0.722. The lowest BCUT2D eigenvalue weighted by molar-refractivity contribution is 0.0481. The van der Waals surface area contributed by atoms with Gasteiger partial charge >= 0.3 is 24.1 Å². The number of hydrogen-bond donors (Lipinski definition) is 2. The second-order valence-electron chi connectivity index (χ2n) is 10.5. The van der Waals surface area contributed by atoms with E-state index < -0.39 is 35.3 Å². The van der Waals surface area contributed by atoms with Crippen LogP contribution in [0.25, 0.3) is 19.5 Å². The molecule has 3 heterocycles. The van der Waals surface area contributed by atoms with Crippen LogP contribution in [0.2, 0.25) is 0 Å². The second kappa shape index (κ2) is 13.0. The molecular formula is C28H34N2O8S3. The predicted octanol–water partition coefficient (Wildman–Crippen LogP) is 8.25. The fourth-order valence-electron chi connectivity index (χ4n) is 3.54. The maximum Gasteiger partial charge on any atom is 0.412 e. The summed E-state index contributed by atoms with van der Waals surface area (Å²) in [5.41, 5.74) is -0.624. The van der Waals surface area contributed by atoms with Crippen molar-refractivity contribution in [3.63, 3.8) is 0 Å². The van der Waals surface area contributed by atoms with Gasteiger partial charge in [-0.1, -0.05) is 0 Å². The van der Waals surface area contributed by atoms with Crippen LogP contribution in [0.1, 0.15) is 76.1 Å². The summed E-state index contributed by atoms with van der Waals surface area (Å²) in [7, 11) is 0. The molecule has 222 valence electrons. The van der Waals surface area contributed by atoms with Gasteiger partial charge < -0.3 is 18.9 Å². The zero-order valence-electron chi connectivity index (χ0n) is 24.2. The summed E-state index contributed by atoms with van der Waals surface area (Å²) < 4.78 is 21.5. The third kappa shape index (κ3) is 8.30. The molecule has 0 aliphatic rings. The lowest BCUT2D eigenvalue weighted by atomic mass is 10.1. The number of ether oxygens (including phenoxy) is 4. The van der Waals surface area contributed by atoms with Crippen molar-refractivity contribution < 1.29 is 38.1 Å². The van der Waals surface area contributed by atoms with Crippen LogP contribution in [-0.2, 0) is 18.9 Å². The molecule has 10 nitrogen and oxygen atoms in total. The Bertz CT molecular complexity index is 1320. The van der Waals surface area contributed by atoms with Gasteiger partial charge in [0.15, 0.2) is 0 Å². The van der Waals surface area contributed by atoms with Gasteiger partial charge in [0, 0.05) is 0 Å². The molecule has 0 spiro atoms. The lowest BCUT2D eigenvalue weighted by Crippen LogP contribution is -2.27. The van der Waals surface area contributed by atoms with Gasteiger partial charge in [-0.15, -0.1) is 34.0 Å². The molecule has 0 aliphatic carbocycles. The monoisotopic (exact) mass is 622 g/mol. The van der Waals surface area contributed by atoms with E-state index in [2.05, 4.69) is 10.6 Å². The Balaban J connectivity index is 2.21. The molecule has 0 saturated carbocycles. The molecule has 0 atom stereocenters. The van der Waals surface area contributed by atoms with E-state index in [0.717, 1.165) is 11.3 Å². The molecule has 2 N–H and O–H groups in total. The van der Waals surface area contributed by atoms with Gasteiger partial charge in [-0.25, -0.2) is 19.2 Å². The number of thiophene rings is 3. The molecule has 0 saturated heterocycles. The van der Waals surface area contributed by atoms with Crippen molar-refractivity contribution in [2.75, 3.05) is 23.8 Å². The molecule has 0 fully saturated rings. The Kier molecular flexibility index (Phi) is 10.2. The Hall–Kier alpha value is -3.42. The van der Waals surface area contributed by atoms with Crippen molar-refractivity contribution in [1.82, 2.24) is 0 Å². The van der Waals surface area contributed by atoms with Gasteiger partial charge in [0.2, 0.25) is 0 Å². The van der Waals surface area contributed by atoms with E-state index >= 15 is 0 Å². The first-order chi connectivity index (χ1) is 19.1. The molecule has 13 heteroatoms. The summed E-state index contributed by atoms with van der Waals surface area (Å²) in [5.74, 6) is -1.44. The van der Waals surface area contributed by atoms with Gasteiger partial charge in [0.05, 0.1) is 55.2 Å². The van der Waals surface area contributed by atoms with Crippen molar-refractivity contribution in [2.24, 2.45) is 0 Å². The van der Waals surface area contributed by atoms with Crippen molar-refractivity contribution in [1.29, 1.82) is 0 Å². The molecule has 0 aromatic carbocycles. The number of hydrogen-bond acceptors (Lipinski definition) is 11. The minimum absolute atomic E-state index is 0.0107. The van der Waals surface area contributed by atoms with Crippen LogP contribution in [0.4, 0.5) is 21.0 Å². The summed E-state index contributed by atoms with van der Waals surface area (Å²) in [6.45, 7) is 14.0. The highest BCUT2D eigenvalue weighted by atomic mass is 32.1. The molecular weight excluding hydrogens is 589 g/mol. The highest BCUT2D eigenvalue weighted by Gasteiger charge is 2.34. The number of carbonyl (C=O) groups excluding carboxylic acids is 4. The van der Waals surface area contributed by atoms with E-state index in [1.165, 1.54) is 22.7 Å². The fraction of sp³-hybridized carbons (Fsp3) is 0.429. The Labute approximate surface area is 251 Å². The van der Waals surface area contributed by atoms with Crippen LogP contribution >= 0.6 is 34.0 Å². The summed E-state index contributed by atoms with van der Waals surface area (Å²) in [4.78, 5) is 53.8. The minimum Gasteiger partial charge on any atom is -0.462 e. The number of rotatable bonds is 8. The third-order valence-corrected chi connectivity index (χ3v) is 8.23. The Morgan fingerprint density at radius 3 is 1.34 bits per heavy atom. The molecule has 41 heavy (non-hydrogen) atoms. The predicted molar refractivity (Wildman–Crippen MR) is 163 cm³/mol. The van der Waals surface area contributed by atoms with Crippen LogP contribution < -0.4 is 10.6 Å². The van der Waals surface area contributed by atoms with Gasteiger partial charge in [0.1, 0.15) is 11.2 Å². The summed E-state index contributed by atoms with van der Waals surface area (Å²) in [6, 6.07) is 3.37. The molecule has 3 aromatic rings. The van der Waals surface area contributed by atoms with Gasteiger partial charge in [-0.05, 0) is 78.3 Å². The first kappa shape index (κ1) is 32.1. The van der Waals surface area contributed by atoms with Crippen LogP contribution in [0.3, 0.4) is 0 Å². The highest BCUT2D eigenvalue weighted by molar-refractivity contribution is 7.27. The average molecular weight is 623 g/mol. The maximum atomic E-state index is 13.4. The second-order valence-corrected chi connectivity index (χ2v) is 13.4. The van der Waals surface area contributed by atoms with Crippen LogP contribution in [0.5, 0.6) is 0 Å². The standard InChI is InChI=1S/C28H34N2O8S3/c1-9-35-23(31)17-18(24(32)36-10-2)22(20-16(12-14-40-20)30-26(34)38-28(6,7)8)41-21(17)19-15(11-13-39-19)29-25(33)37-27(3,4)5/h11-14H,9-10H2,1-8H3,(H,29,33)(H,30,34). The van der Waals surface area contributed by atoms with E-state index in [-0.39, 0.29) is 24.3 Å². The zero-order chi connectivity index (χ0) is 30.5. The molecule has 3 aromatic heterocycles. The lowest BCUT2D eigenvalue weighted by Gasteiger charge is -2.19. The van der Waals surface area contributed by atoms with Crippen LogP contribution in [0.15, 0.2) is 22.9 Å². The number of esters is 2.